The van der Waals surface area contributed by atoms with Crippen molar-refractivity contribution in [1.82, 2.24) is 15.0 Å². The van der Waals surface area contributed by atoms with Crippen LogP contribution in [0.3, 0.4) is 0 Å². The maximum absolute atomic E-state index is 4.45. The van der Waals surface area contributed by atoms with Crippen molar-refractivity contribution in [2.24, 2.45) is 0 Å². The Labute approximate surface area is 111 Å². The number of hydrogen-bond acceptors (Lipinski definition) is 6. The van der Waals surface area contributed by atoms with Crippen LogP contribution in [0.15, 0.2) is 11.6 Å². The van der Waals surface area contributed by atoms with Gasteiger partial charge in [-0.05, 0) is 6.92 Å². The molecule has 18 heavy (non-hydrogen) atoms. The predicted molar refractivity (Wildman–Crippen MR) is 75.1 cm³/mol. The second-order valence-electron chi connectivity index (χ2n) is 3.87. The number of rotatable bonds is 5. The van der Waals surface area contributed by atoms with Gasteiger partial charge >= 0.3 is 0 Å². The summed E-state index contributed by atoms with van der Waals surface area (Å²) in [6, 6.07) is 1.91. The van der Waals surface area contributed by atoms with E-state index in [1.54, 1.807) is 11.3 Å². The van der Waals surface area contributed by atoms with E-state index in [4.69, 9.17) is 0 Å². The second kappa shape index (κ2) is 5.77. The molecule has 2 N–H and O–H groups in total. The topological polar surface area (TPSA) is 62.7 Å². The van der Waals surface area contributed by atoms with Crippen LogP contribution >= 0.6 is 11.3 Å². The summed E-state index contributed by atoms with van der Waals surface area (Å²) in [7, 11) is 1.86. The largest absolute Gasteiger partial charge is 0.373 e. The van der Waals surface area contributed by atoms with Crippen molar-refractivity contribution in [3.05, 3.63) is 28.0 Å². The zero-order valence-corrected chi connectivity index (χ0v) is 11.6. The molecule has 5 nitrogen and oxygen atoms in total. The van der Waals surface area contributed by atoms with E-state index in [9.17, 15) is 0 Å². The van der Waals surface area contributed by atoms with Crippen molar-refractivity contribution in [2.45, 2.75) is 26.8 Å². The first kappa shape index (κ1) is 12.8. The van der Waals surface area contributed by atoms with Gasteiger partial charge in [0.25, 0.3) is 0 Å². The van der Waals surface area contributed by atoms with Gasteiger partial charge < -0.3 is 10.6 Å². The number of nitrogens with one attached hydrogen (secondary N) is 2. The van der Waals surface area contributed by atoms with E-state index in [0.29, 0.717) is 0 Å². The van der Waals surface area contributed by atoms with Crippen molar-refractivity contribution >= 4 is 23.0 Å². The molecule has 6 heteroatoms. The third-order valence-electron chi connectivity index (χ3n) is 2.62. The molecule has 0 spiro atoms. The van der Waals surface area contributed by atoms with Crippen LogP contribution in [-0.4, -0.2) is 22.0 Å². The average molecular weight is 263 g/mol. The lowest BCUT2D eigenvalue weighted by Crippen LogP contribution is -2.06. The van der Waals surface area contributed by atoms with Gasteiger partial charge in [-0.15, -0.1) is 11.3 Å². The van der Waals surface area contributed by atoms with Crippen LogP contribution in [0.1, 0.15) is 23.3 Å². The Morgan fingerprint density at radius 1 is 1.28 bits per heavy atom. The Bertz CT molecular complexity index is 501. The summed E-state index contributed by atoms with van der Waals surface area (Å²) in [5.41, 5.74) is 2.94. The summed E-state index contributed by atoms with van der Waals surface area (Å²) in [4.78, 5) is 14.3. The van der Waals surface area contributed by atoms with Crippen LogP contribution in [0.2, 0.25) is 0 Å². The highest BCUT2D eigenvalue weighted by Crippen LogP contribution is 2.16. The van der Waals surface area contributed by atoms with E-state index in [0.717, 1.165) is 36.1 Å². The minimum atomic E-state index is 0.750. The molecule has 0 unspecified atom stereocenters. The van der Waals surface area contributed by atoms with Gasteiger partial charge in [0.2, 0.25) is 0 Å². The standard InChI is InChI=1S/C12H17N5S/c1-4-10-16-11(13-3)5-12(17-10)14-6-9-8(2)15-7-18-9/h5,7H,4,6H2,1-3H3,(H2,13,14,16,17). The molecule has 0 aliphatic rings. The first-order valence-electron chi connectivity index (χ1n) is 5.91. The summed E-state index contributed by atoms with van der Waals surface area (Å²) in [6.45, 7) is 4.82. The van der Waals surface area contributed by atoms with E-state index in [1.165, 1.54) is 4.88 Å². The highest BCUT2D eigenvalue weighted by molar-refractivity contribution is 7.09. The minimum absolute atomic E-state index is 0.750. The molecule has 0 saturated heterocycles. The monoisotopic (exact) mass is 263 g/mol. The van der Waals surface area contributed by atoms with Gasteiger partial charge in [-0.3, -0.25) is 0 Å². The fourth-order valence-corrected chi connectivity index (χ4v) is 2.26. The number of aryl methyl sites for hydroxylation is 2. The molecule has 0 aromatic carbocycles. The van der Waals surface area contributed by atoms with Crippen molar-refractivity contribution in [1.29, 1.82) is 0 Å². The first-order valence-corrected chi connectivity index (χ1v) is 6.79. The third kappa shape index (κ3) is 2.95. The quantitative estimate of drug-likeness (QED) is 0.867. The van der Waals surface area contributed by atoms with E-state index in [2.05, 4.69) is 25.6 Å². The van der Waals surface area contributed by atoms with Crippen LogP contribution in [0.25, 0.3) is 0 Å². The second-order valence-corrected chi connectivity index (χ2v) is 4.81. The van der Waals surface area contributed by atoms with Crippen LogP contribution in [0, 0.1) is 6.92 Å². The molecule has 2 heterocycles. The van der Waals surface area contributed by atoms with Gasteiger partial charge in [0.15, 0.2) is 0 Å². The van der Waals surface area contributed by atoms with Crippen molar-refractivity contribution in [2.75, 3.05) is 17.7 Å². The summed E-state index contributed by atoms with van der Waals surface area (Å²) in [5, 5.41) is 6.36. The molecule has 0 atom stereocenters. The van der Waals surface area contributed by atoms with E-state index >= 15 is 0 Å². The lowest BCUT2D eigenvalue weighted by Gasteiger charge is -2.08. The molecular weight excluding hydrogens is 246 g/mol. The van der Waals surface area contributed by atoms with Gasteiger partial charge in [-0.1, -0.05) is 6.92 Å². The summed E-state index contributed by atoms with van der Waals surface area (Å²) >= 11 is 1.66. The lowest BCUT2D eigenvalue weighted by molar-refractivity contribution is 0.934. The number of aromatic nitrogens is 3. The molecule has 0 aliphatic heterocycles. The van der Waals surface area contributed by atoms with E-state index in [1.807, 2.05) is 32.5 Å². The molecule has 0 fully saturated rings. The van der Waals surface area contributed by atoms with Crippen LogP contribution < -0.4 is 10.6 Å². The van der Waals surface area contributed by atoms with Gasteiger partial charge in [0.05, 0.1) is 17.7 Å². The Morgan fingerprint density at radius 3 is 2.67 bits per heavy atom. The smallest absolute Gasteiger partial charge is 0.132 e. The molecule has 2 rings (SSSR count). The number of nitrogens with zero attached hydrogens (tertiary/aromatic N) is 3. The summed E-state index contributed by atoms with van der Waals surface area (Å²) in [6.07, 6.45) is 0.823. The van der Waals surface area contributed by atoms with Gasteiger partial charge in [-0.2, -0.15) is 0 Å². The lowest BCUT2D eigenvalue weighted by atomic mass is 10.4. The molecule has 0 radical (unpaired) electrons. The fourth-order valence-electron chi connectivity index (χ4n) is 1.54. The maximum atomic E-state index is 4.45. The normalized spacial score (nSPS) is 10.4. The van der Waals surface area contributed by atoms with Gasteiger partial charge in [0.1, 0.15) is 17.5 Å². The molecule has 0 bridgehead atoms. The summed E-state index contributed by atoms with van der Waals surface area (Å²) in [5.74, 6) is 2.52. The molecule has 0 amide bonds. The molecule has 96 valence electrons. The zero-order chi connectivity index (χ0) is 13.0. The summed E-state index contributed by atoms with van der Waals surface area (Å²) < 4.78 is 0. The Balaban J connectivity index is 2.11. The van der Waals surface area contributed by atoms with E-state index < -0.39 is 0 Å². The van der Waals surface area contributed by atoms with Crippen molar-refractivity contribution < 1.29 is 0 Å². The van der Waals surface area contributed by atoms with Crippen LogP contribution in [-0.2, 0) is 13.0 Å². The maximum Gasteiger partial charge on any atom is 0.132 e. The molecule has 2 aromatic rings. The molecule has 0 aliphatic carbocycles. The number of anilines is 2. The number of hydrogen-bond donors (Lipinski definition) is 2. The van der Waals surface area contributed by atoms with Gasteiger partial charge in [-0.25, -0.2) is 15.0 Å². The Kier molecular flexibility index (Phi) is 4.09. The fraction of sp³-hybridized carbons (Fsp3) is 0.417. The molecule has 2 aromatic heterocycles. The van der Waals surface area contributed by atoms with E-state index in [-0.39, 0.29) is 0 Å². The predicted octanol–water partition coefficient (Wildman–Crippen LogP) is 2.46. The van der Waals surface area contributed by atoms with Crippen LogP contribution in [0.5, 0.6) is 0 Å². The van der Waals surface area contributed by atoms with Crippen LogP contribution in [0.4, 0.5) is 11.6 Å². The Hall–Kier alpha value is -1.69. The highest BCUT2D eigenvalue weighted by Gasteiger charge is 2.04. The third-order valence-corrected chi connectivity index (χ3v) is 3.55. The highest BCUT2D eigenvalue weighted by atomic mass is 32.1. The molecular formula is C12H17N5S. The average Bonchev–Trinajstić information content (AvgIpc) is 2.81. The molecule has 0 saturated carbocycles. The van der Waals surface area contributed by atoms with Gasteiger partial charge in [0, 0.05) is 24.4 Å². The van der Waals surface area contributed by atoms with Crippen molar-refractivity contribution in [3.63, 3.8) is 0 Å². The number of thiazole rings is 1. The Morgan fingerprint density at radius 2 is 2.06 bits per heavy atom. The first-order chi connectivity index (χ1) is 8.72. The SMILES string of the molecule is CCc1nc(NC)cc(NCc2scnc2C)n1. The zero-order valence-electron chi connectivity index (χ0n) is 10.8. The minimum Gasteiger partial charge on any atom is -0.373 e. The van der Waals surface area contributed by atoms with Crippen molar-refractivity contribution in [3.8, 4) is 0 Å².